The van der Waals surface area contributed by atoms with E-state index in [1.807, 2.05) is 13.8 Å². The minimum Gasteiger partial charge on any atom is -0.398 e. The predicted octanol–water partition coefficient (Wildman–Crippen LogP) is 0.853. The summed E-state index contributed by atoms with van der Waals surface area (Å²) in [4.78, 5) is 11.1. The van der Waals surface area contributed by atoms with Crippen LogP contribution in [-0.4, -0.2) is 31.7 Å². The normalized spacial score (nSPS) is 11.8. The molecule has 0 bridgehead atoms. The van der Waals surface area contributed by atoms with Crippen molar-refractivity contribution in [3.63, 3.8) is 0 Å². The number of amides is 1. The Bertz CT molecular complexity index is 585. The number of carbonyl (C=O) groups excluding carboxylic acids is 1. The molecule has 0 heterocycles. The van der Waals surface area contributed by atoms with Crippen molar-refractivity contribution in [2.24, 2.45) is 5.73 Å². The van der Waals surface area contributed by atoms with Gasteiger partial charge < -0.3 is 11.5 Å². The van der Waals surface area contributed by atoms with Gasteiger partial charge in [0.05, 0.1) is 12.2 Å². The lowest BCUT2D eigenvalue weighted by atomic mass is 10.2. The molecule has 4 N–H and O–H groups in total. The van der Waals surface area contributed by atoms with E-state index in [2.05, 4.69) is 0 Å². The lowest BCUT2D eigenvalue weighted by Crippen LogP contribution is -2.39. The molecule has 1 aromatic rings. The maximum atomic E-state index is 12.5. The fraction of sp³-hybridized carbons (Fsp3) is 0.462. The largest absolute Gasteiger partial charge is 0.398 e. The minimum atomic E-state index is -3.81. The van der Waals surface area contributed by atoms with Crippen LogP contribution in [0, 0.1) is 6.92 Å². The van der Waals surface area contributed by atoms with Crippen LogP contribution in [0.25, 0.3) is 0 Å². The zero-order chi connectivity index (χ0) is 15.3. The number of nitrogens with zero attached hydrogens (tertiary/aromatic N) is 1. The molecule has 0 saturated carbocycles. The van der Waals surface area contributed by atoms with Crippen molar-refractivity contribution in [1.29, 1.82) is 0 Å². The van der Waals surface area contributed by atoms with Crippen molar-refractivity contribution >= 4 is 21.6 Å². The van der Waals surface area contributed by atoms with E-state index in [1.165, 1.54) is 6.07 Å². The van der Waals surface area contributed by atoms with Crippen molar-refractivity contribution in [1.82, 2.24) is 4.31 Å². The van der Waals surface area contributed by atoms with Crippen LogP contribution in [0.4, 0.5) is 5.69 Å². The number of anilines is 1. The van der Waals surface area contributed by atoms with Crippen molar-refractivity contribution in [3.05, 3.63) is 23.8 Å². The van der Waals surface area contributed by atoms with Crippen LogP contribution in [-0.2, 0) is 14.8 Å². The number of nitrogen functional groups attached to an aromatic ring is 1. The number of sulfonamides is 1. The van der Waals surface area contributed by atoms with Gasteiger partial charge in [0.2, 0.25) is 15.9 Å². The van der Waals surface area contributed by atoms with Crippen molar-refractivity contribution in [3.8, 4) is 0 Å². The molecule has 0 aliphatic rings. The molecule has 6 nitrogen and oxygen atoms in total. The SMILES string of the molecule is CCCCN(CC(N)=O)S(=O)(=O)c1ccc(C)cc1N. The lowest BCUT2D eigenvalue weighted by Gasteiger charge is -2.21. The van der Waals surface area contributed by atoms with Gasteiger partial charge in [-0.1, -0.05) is 19.4 Å². The van der Waals surface area contributed by atoms with Gasteiger partial charge in [0.25, 0.3) is 0 Å². The summed E-state index contributed by atoms with van der Waals surface area (Å²) in [5.41, 5.74) is 12.0. The highest BCUT2D eigenvalue weighted by Gasteiger charge is 2.27. The molecular weight excluding hydrogens is 278 g/mol. The Kier molecular flexibility index (Phi) is 5.52. The number of hydrogen-bond donors (Lipinski definition) is 2. The zero-order valence-corrected chi connectivity index (χ0v) is 12.6. The summed E-state index contributed by atoms with van der Waals surface area (Å²) in [6.45, 7) is 3.67. The van der Waals surface area contributed by atoms with E-state index < -0.39 is 15.9 Å². The van der Waals surface area contributed by atoms with E-state index in [0.717, 1.165) is 16.3 Å². The first kappa shape index (κ1) is 16.5. The molecule has 0 aliphatic carbocycles. The van der Waals surface area contributed by atoms with Gasteiger partial charge in [-0.15, -0.1) is 0 Å². The number of rotatable bonds is 7. The Morgan fingerprint density at radius 3 is 2.50 bits per heavy atom. The van der Waals surface area contributed by atoms with E-state index in [1.54, 1.807) is 12.1 Å². The average Bonchev–Trinajstić information content (AvgIpc) is 2.33. The number of primary amides is 1. The van der Waals surface area contributed by atoms with Crippen molar-refractivity contribution < 1.29 is 13.2 Å². The molecule has 7 heteroatoms. The van der Waals surface area contributed by atoms with E-state index in [0.29, 0.717) is 6.42 Å². The Hall–Kier alpha value is -1.60. The molecule has 112 valence electrons. The van der Waals surface area contributed by atoms with E-state index in [9.17, 15) is 13.2 Å². The highest BCUT2D eigenvalue weighted by atomic mass is 32.2. The highest BCUT2D eigenvalue weighted by molar-refractivity contribution is 7.89. The molecule has 0 fully saturated rings. The molecule has 0 spiro atoms. The first-order valence-electron chi connectivity index (χ1n) is 6.43. The fourth-order valence-corrected chi connectivity index (χ4v) is 3.38. The van der Waals surface area contributed by atoms with Crippen LogP contribution < -0.4 is 11.5 Å². The summed E-state index contributed by atoms with van der Waals surface area (Å²) >= 11 is 0. The number of carbonyl (C=O) groups is 1. The Labute approximate surface area is 119 Å². The quantitative estimate of drug-likeness (QED) is 0.728. The topological polar surface area (TPSA) is 106 Å². The van der Waals surface area contributed by atoms with Gasteiger partial charge in [-0.2, -0.15) is 4.31 Å². The standard InChI is InChI=1S/C13H21N3O3S/c1-3-4-7-16(9-13(15)17)20(18,19)12-6-5-10(2)8-11(12)14/h5-6,8H,3-4,7,9,14H2,1-2H3,(H2,15,17). The van der Waals surface area contributed by atoms with Gasteiger partial charge in [0, 0.05) is 6.54 Å². The lowest BCUT2D eigenvalue weighted by molar-refractivity contribution is -0.118. The van der Waals surface area contributed by atoms with Crippen LogP contribution >= 0.6 is 0 Å². The fourth-order valence-electron chi connectivity index (χ4n) is 1.83. The number of unbranched alkanes of at least 4 members (excludes halogenated alkanes) is 1. The Morgan fingerprint density at radius 1 is 1.35 bits per heavy atom. The summed E-state index contributed by atoms with van der Waals surface area (Å²) in [7, 11) is -3.81. The first-order chi connectivity index (χ1) is 9.28. The molecule has 0 unspecified atom stereocenters. The molecule has 1 aromatic carbocycles. The smallest absolute Gasteiger partial charge is 0.245 e. The summed E-state index contributed by atoms with van der Waals surface area (Å²) in [5, 5.41) is 0. The molecule has 0 aliphatic heterocycles. The van der Waals surface area contributed by atoms with Crippen molar-refractivity contribution in [2.75, 3.05) is 18.8 Å². The first-order valence-corrected chi connectivity index (χ1v) is 7.87. The molecule has 0 atom stereocenters. The third-order valence-electron chi connectivity index (χ3n) is 2.88. The van der Waals surface area contributed by atoms with Gasteiger partial charge in [0.15, 0.2) is 0 Å². The summed E-state index contributed by atoms with van der Waals surface area (Å²) in [5.74, 6) is -0.685. The third kappa shape index (κ3) is 3.94. The summed E-state index contributed by atoms with van der Waals surface area (Å²) in [6.07, 6.45) is 1.46. The molecular formula is C13H21N3O3S. The number of benzene rings is 1. The molecule has 1 amide bonds. The highest BCUT2D eigenvalue weighted by Crippen LogP contribution is 2.23. The monoisotopic (exact) mass is 299 g/mol. The van der Waals surface area contributed by atoms with Gasteiger partial charge in [-0.05, 0) is 31.0 Å². The molecule has 0 radical (unpaired) electrons. The zero-order valence-electron chi connectivity index (χ0n) is 11.8. The molecule has 0 aromatic heterocycles. The van der Waals surface area contributed by atoms with Crippen LogP contribution in [0.15, 0.2) is 23.1 Å². The summed E-state index contributed by atoms with van der Waals surface area (Å²) < 4.78 is 26.2. The number of nitrogens with two attached hydrogens (primary N) is 2. The maximum Gasteiger partial charge on any atom is 0.245 e. The van der Waals surface area contributed by atoms with Crippen LogP contribution in [0.2, 0.25) is 0 Å². The molecule has 0 saturated heterocycles. The van der Waals surface area contributed by atoms with E-state index in [-0.39, 0.29) is 23.7 Å². The van der Waals surface area contributed by atoms with Crippen LogP contribution in [0.5, 0.6) is 0 Å². The van der Waals surface area contributed by atoms with Crippen LogP contribution in [0.3, 0.4) is 0 Å². The minimum absolute atomic E-state index is 0.0143. The molecule has 1 rings (SSSR count). The second-order valence-electron chi connectivity index (χ2n) is 4.70. The Balaban J connectivity index is 3.17. The van der Waals surface area contributed by atoms with Crippen molar-refractivity contribution in [2.45, 2.75) is 31.6 Å². The average molecular weight is 299 g/mol. The predicted molar refractivity (Wildman–Crippen MR) is 78.5 cm³/mol. The van der Waals surface area contributed by atoms with Gasteiger partial charge in [-0.25, -0.2) is 8.42 Å². The third-order valence-corrected chi connectivity index (χ3v) is 4.80. The molecule has 20 heavy (non-hydrogen) atoms. The second kappa shape index (κ2) is 6.71. The van der Waals surface area contributed by atoms with Gasteiger partial charge >= 0.3 is 0 Å². The van der Waals surface area contributed by atoms with E-state index in [4.69, 9.17) is 11.5 Å². The van der Waals surface area contributed by atoms with Gasteiger partial charge in [-0.3, -0.25) is 4.79 Å². The maximum absolute atomic E-state index is 12.5. The summed E-state index contributed by atoms with van der Waals surface area (Å²) in [6, 6.07) is 4.72. The van der Waals surface area contributed by atoms with Gasteiger partial charge in [0.1, 0.15) is 4.90 Å². The number of hydrogen-bond acceptors (Lipinski definition) is 4. The van der Waals surface area contributed by atoms with Crippen LogP contribution in [0.1, 0.15) is 25.3 Å². The van der Waals surface area contributed by atoms with E-state index >= 15 is 0 Å². The number of aryl methyl sites for hydroxylation is 1. The second-order valence-corrected chi connectivity index (χ2v) is 6.61. The Morgan fingerprint density at radius 2 is 2.00 bits per heavy atom.